The number of fused-ring (bicyclic) bond motifs is 1. The lowest BCUT2D eigenvalue weighted by molar-refractivity contribution is -0.120. The lowest BCUT2D eigenvalue weighted by Gasteiger charge is -2.13. The molecule has 37 heavy (non-hydrogen) atoms. The summed E-state index contributed by atoms with van der Waals surface area (Å²) in [4.78, 5) is 12.8. The normalized spacial score (nSPS) is 12.0. The van der Waals surface area contributed by atoms with Crippen molar-refractivity contribution in [1.29, 1.82) is 0 Å². The number of anilines is 1. The molecule has 1 heterocycles. The summed E-state index contributed by atoms with van der Waals surface area (Å²) in [5.74, 6) is 0.535. The average molecular weight is 507 g/mol. The molecular weight excluding hydrogens is 480 g/mol. The molecule has 0 fully saturated rings. The van der Waals surface area contributed by atoms with Gasteiger partial charge in [0, 0.05) is 11.4 Å². The third kappa shape index (κ3) is 6.05. The van der Waals surface area contributed by atoms with Crippen LogP contribution in [0.1, 0.15) is 18.3 Å². The van der Waals surface area contributed by atoms with Crippen molar-refractivity contribution in [1.82, 2.24) is 20.2 Å². The number of hydrogen-bond donors (Lipinski definition) is 2. The van der Waals surface area contributed by atoms with Crippen molar-refractivity contribution in [2.45, 2.75) is 23.9 Å². The zero-order valence-electron chi connectivity index (χ0n) is 20.3. The SMILES string of the molecule is CC(Sc1nnc(CNc2ccccc2)n1-c1ccccc1)C(=O)N/N=C/c1ccc2ccccc2c1. The van der Waals surface area contributed by atoms with Gasteiger partial charge >= 0.3 is 0 Å². The van der Waals surface area contributed by atoms with Gasteiger partial charge in [-0.1, -0.05) is 84.6 Å². The van der Waals surface area contributed by atoms with Crippen LogP contribution in [0.3, 0.4) is 0 Å². The molecular formula is C29H26N6OS. The highest BCUT2D eigenvalue weighted by molar-refractivity contribution is 8.00. The highest BCUT2D eigenvalue weighted by Gasteiger charge is 2.21. The molecule has 5 rings (SSSR count). The van der Waals surface area contributed by atoms with Crippen LogP contribution in [0.2, 0.25) is 0 Å². The molecule has 0 spiro atoms. The Morgan fingerprint density at radius 2 is 1.62 bits per heavy atom. The molecule has 0 aliphatic rings. The molecule has 0 radical (unpaired) electrons. The van der Waals surface area contributed by atoms with Gasteiger partial charge in [0.25, 0.3) is 5.91 Å². The van der Waals surface area contributed by atoms with Crippen LogP contribution in [-0.4, -0.2) is 32.1 Å². The van der Waals surface area contributed by atoms with Gasteiger partial charge in [0.2, 0.25) is 0 Å². The molecule has 184 valence electrons. The van der Waals surface area contributed by atoms with Crippen LogP contribution in [0.15, 0.2) is 113 Å². The number of thioether (sulfide) groups is 1. The van der Waals surface area contributed by atoms with E-state index in [2.05, 4.69) is 38.2 Å². The smallest absolute Gasteiger partial charge is 0.253 e. The molecule has 1 atom stereocenters. The Balaban J connectivity index is 1.27. The van der Waals surface area contributed by atoms with E-state index >= 15 is 0 Å². The molecule has 1 unspecified atom stereocenters. The van der Waals surface area contributed by atoms with Crippen LogP contribution in [0, 0.1) is 0 Å². The first-order chi connectivity index (χ1) is 18.2. The van der Waals surface area contributed by atoms with Gasteiger partial charge < -0.3 is 5.32 Å². The van der Waals surface area contributed by atoms with E-state index in [4.69, 9.17) is 0 Å². The molecule has 5 aromatic rings. The summed E-state index contributed by atoms with van der Waals surface area (Å²) in [6.45, 7) is 2.32. The molecule has 0 bridgehead atoms. The Labute approximate surface area is 219 Å². The summed E-state index contributed by atoms with van der Waals surface area (Å²) in [5, 5.41) is 18.9. The predicted molar refractivity (Wildman–Crippen MR) is 150 cm³/mol. The number of hydrazone groups is 1. The molecule has 2 N–H and O–H groups in total. The molecule has 1 aromatic heterocycles. The van der Waals surface area contributed by atoms with E-state index < -0.39 is 5.25 Å². The minimum atomic E-state index is -0.435. The molecule has 0 saturated carbocycles. The number of carbonyl (C=O) groups excluding carboxylic acids is 1. The van der Waals surface area contributed by atoms with E-state index in [9.17, 15) is 4.79 Å². The van der Waals surface area contributed by atoms with Crippen LogP contribution >= 0.6 is 11.8 Å². The van der Waals surface area contributed by atoms with E-state index in [-0.39, 0.29) is 5.91 Å². The topological polar surface area (TPSA) is 84.2 Å². The summed E-state index contributed by atoms with van der Waals surface area (Å²) in [7, 11) is 0. The second-order valence-corrected chi connectivity index (χ2v) is 9.70. The Hall–Kier alpha value is -4.43. The highest BCUT2D eigenvalue weighted by atomic mass is 32.2. The number of benzene rings is 4. The van der Waals surface area contributed by atoms with Gasteiger partial charge in [-0.2, -0.15) is 5.10 Å². The van der Waals surface area contributed by atoms with Gasteiger partial charge in [0.05, 0.1) is 18.0 Å². The van der Waals surface area contributed by atoms with Gasteiger partial charge in [0.15, 0.2) is 11.0 Å². The van der Waals surface area contributed by atoms with Gasteiger partial charge in [0.1, 0.15) is 0 Å². The van der Waals surface area contributed by atoms with Crippen LogP contribution in [-0.2, 0) is 11.3 Å². The maximum absolute atomic E-state index is 12.8. The number of amides is 1. The number of nitrogens with one attached hydrogen (secondary N) is 2. The summed E-state index contributed by atoms with van der Waals surface area (Å²) < 4.78 is 1.97. The fraction of sp³-hybridized carbons (Fsp3) is 0.103. The van der Waals surface area contributed by atoms with Gasteiger partial charge in [-0.25, -0.2) is 5.43 Å². The Kier molecular flexibility index (Phi) is 7.57. The summed E-state index contributed by atoms with van der Waals surface area (Å²) in [5.41, 5.74) is 5.50. The highest BCUT2D eigenvalue weighted by Crippen LogP contribution is 2.26. The standard InChI is InChI=1S/C29H26N6OS/c1-21(28(36)33-31-19-22-16-17-23-10-8-9-11-24(23)18-22)37-29-34-32-27(20-30-25-12-4-2-5-13-25)35(29)26-14-6-3-7-15-26/h2-19,21,30H,20H2,1H3,(H,33,36)/b31-19+. The van der Waals surface area contributed by atoms with Crippen molar-refractivity contribution in [3.63, 3.8) is 0 Å². The number of rotatable bonds is 9. The zero-order valence-corrected chi connectivity index (χ0v) is 21.1. The van der Waals surface area contributed by atoms with Gasteiger partial charge in [-0.15, -0.1) is 10.2 Å². The molecule has 1 amide bonds. The Morgan fingerprint density at radius 1 is 0.919 bits per heavy atom. The molecule has 4 aromatic carbocycles. The van der Waals surface area contributed by atoms with Crippen molar-refractivity contribution in [3.8, 4) is 5.69 Å². The van der Waals surface area contributed by atoms with Crippen LogP contribution < -0.4 is 10.7 Å². The summed E-state index contributed by atoms with van der Waals surface area (Å²) >= 11 is 1.34. The maximum atomic E-state index is 12.8. The number of hydrogen-bond acceptors (Lipinski definition) is 6. The van der Waals surface area contributed by atoms with Crippen molar-refractivity contribution in [3.05, 3.63) is 115 Å². The maximum Gasteiger partial charge on any atom is 0.253 e. The lowest BCUT2D eigenvalue weighted by Crippen LogP contribution is -2.27. The van der Waals surface area contributed by atoms with Crippen LogP contribution in [0.25, 0.3) is 16.5 Å². The Bertz CT molecular complexity index is 1520. The number of nitrogens with zero attached hydrogens (tertiary/aromatic N) is 4. The third-order valence-corrected chi connectivity index (χ3v) is 6.80. The van der Waals surface area contributed by atoms with E-state index in [1.54, 1.807) is 6.21 Å². The van der Waals surface area contributed by atoms with E-state index in [1.165, 1.54) is 11.8 Å². The quantitative estimate of drug-likeness (QED) is 0.153. The minimum absolute atomic E-state index is 0.214. The van der Waals surface area contributed by atoms with E-state index in [1.807, 2.05) is 102 Å². The van der Waals surface area contributed by atoms with Crippen LogP contribution in [0.4, 0.5) is 5.69 Å². The second-order valence-electron chi connectivity index (χ2n) is 8.39. The van der Waals surface area contributed by atoms with Gasteiger partial charge in [-0.3, -0.25) is 9.36 Å². The number of para-hydroxylation sites is 2. The van der Waals surface area contributed by atoms with Crippen LogP contribution in [0.5, 0.6) is 0 Å². The molecule has 0 aliphatic carbocycles. The first-order valence-electron chi connectivity index (χ1n) is 11.9. The summed E-state index contributed by atoms with van der Waals surface area (Å²) in [6.07, 6.45) is 1.65. The number of carbonyl (C=O) groups is 1. The van der Waals surface area contributed by atoms with Crippen molar-refractivity contribution < 1.29 is 4.79 Å². The lowest BCUT2D eigenvalue weighted by atomic mass is 10.1. The average Bonchev–Trinajstić information content (AvgIpc) is 3.35. The first kappa shape index (κ1) is 24.3. The largest absolute Gasteiger partial charge is 0.378 e. The van der Waals surface area contributed by atoms with Crippen molar-refractivity contribution in [2.75, 3.05) is 5.32 Å². The van der Waals surface area contributed by atoms with Gasteiger partial charge in [-0.05, 0) is 53.6 Å². The fourth-order valence-corrected chi connectivity index (χ4v) is 4.71. The minimum Gasteiger partial charge on any atom is -0.378 e. The van der Waals surface area contributed by atoms with E-state index in [0.717, 1.165) is 33.5 Å². The molecule has 0 aliphatic heterocycles. The predicted octanol–water partition coefficient (Wildman–Crippen LogP) is 5.66. The van der Waals surface area contributed by atoms with Crippen molar-refractivity contribution in [2.24, 2.45) is 5.10 Å². The zero-order chi connectivity index (χ0) is 25.5. The van der Waals surface area contributed by atoms with Crippen molar-refractivity contribution >= 4 is 40.3 Å². The third-order valence-electron chi connectivity index (χ3n) is 5.75. The fourth-order valence-electron chi connectivity index (χ4n) is 3.83. The summed E-state index contributed by atoms with van der Waals surface area (Å²) in [6, 6.07) is 34.0. The second kappa shape index (κ2) is 11.5. The number of aromatic nitrogens is 3. The molecule has 0 saturated heterocycles. The van der Waals surface area contributed by atoms with E-state index in [0.29, 0.717) is 11.7 Å². The Morgan fingerprint density at radius 3 is 2.41 bits per heavy atom. The monoisotopic (exact) mass is 506 g/mol. The molecule has 8 heteroatoms. The first-order valence-corrected chi connectivity index (χ1v) is 12.8. The molecule has 7 nitrogen and oxygen atoms in total.